The molecular formula is C17H27NO7P2-4. The molecule has 0 radical (unpaired) electrons. The van der Waals surface area contributed by atoms with Crippen LogP contribution in [0.1, 0.15) is 63.9 Å². The molecular weight excluding hydrogens is 392 g/mol. The lowest BCUT2D eigenvalue weighted by Crippen LogP contribution is -2.35. The Kier molecular flexibility index (Phi) is 10.7. The molecule has 0 amide bonds. The van der Waals surface area contributed by atoms with Crippen molar-refractivity contribution in [3.63, 3.8) is 0 Å². The highest BCUT2D eigenvalue weighted by molar-refractivity contribution is 7.68. The third kappa shape index (κ3) is 10.4. The van der Waals surface area contributed by atoms with Gasteiger partial charge in [-0.25, -0.2) is 0 Å². The lowest BCUT2D eigenvalue weighted by atomic mass is 10.1. The average Bonchev–Trinajstić information content (AvgIpc) is 2.57. The first-order valence-electron chi connectivity index (χ1n) is 9.24. The van der Waals surface area contributed by atoms with Gasteiger partial charge in [-0.2, -0.15) is 0 Å². The van der Waals surface area contributed by atoms with Crippen LogP contribution < -0.4 is 24.3 Å². The number of unbranched alkanes of at least 4 members (excludes halogenated alkanes) is 7. The van der Waals surface area contributed by atoms with Gasteiger partial charge in [0.05, 0.1) is 12.8 Å². The fraction of sp³-hybridized carbons (Fsp3) is 0.706. The predicted octanol–water partition coefficient (Wildman–Crippen LogP) is 1.30. The highest BCUT2D eigenvalue weighted by Crippen LogP contribution is 2.51. The third-order valence-corrected chi connectivity index (χ3v) is 7.71. The number of pyridine rings is 1. The van der Waals surface area contributed by atoms with Gasteiger partial charge in [-0.1, -0.05) is 67.1 Å². The van der Waals surface area contributed by atoms with E-state index in [4.69, 9.17) is 4.74 Å². The Hall–Kier alpha value is -0.750. The van der Waals surface area contributed by atoms with Crippen LogP contribution in [-0.4, -0.2) is 17.0 Å². The Bertz CT molecular complexity index is 622. The number of ether oxygens (including phenoxy) is 1. The van der Waals surface area contributed by atoms with Crippen molar-refractivity contribution >= 4 is 15.2 Å². The molecule has 0 saturated heterocycles. The molecule has 1 aromatic rings. The van der Waals surface area contributed by atoms with E-state index >= 15 is 0 Å². The maximum Gasteiger partial charge on any atom is 0.137 e. The van der Waals surface area contributed by atoms with Gasteiger partial charge in [-0.15, -0.1) is 0 Å². The largest absolute Gasteiger partial charge is 0.810 e. The summed E-state index contributed by atoms with van der Waals surface area (Å²) in [5, 5.41) is -2.52. The summed E-state index contributed by atoms with van der Waals surface area (Å²) in [6, 6.07) is 1.40. The summed E-state index contributed by atoms with van der Waals surface area (Å²) in [5.74, 6) is 0.340. The fourth-order valence-electron chi connectivity index (χ4n) is 2.69. The van der Waals surface area contributed by atoms with Crippen LogP contribution in [0, 0.1) is 0 Å². The minimum Gasteiger partial charge on any atom is -0.810 e. The van der Waals surface area contributed by atoms with Crippen LogP contribution in [0.4, 0.5) is 0 Å². The SMILES string of the molecule is CCCCCCCCCCOc1cncc(CC(P(=O)([O-])[O-])P(=O)([O-])[O-])c1. The van der Waals surface area contributed by atoms with E-state index in [1.807, 2.05) is 0 Å². The molecule has 10 heteroatoms. The summed E-state index contributed by atoms with van der Waals surface area (Å²) in [7, 11) is -11.2. The van der Waals surface area contributed by atoms with E-state index in [9.17, 15) is 28.7 Å². The molecule has 0 aromatic carbocycles. The van der Waals surface area contributed by atoms with Gasteiger partial charge in [-0.3, -0.25) is 4.98 Å². The van der Waals surface area contributed by atoms with E-state index in [0.717, 1.165) is 19.3 Å². The molecule has 0 atom stereocenters. The first-order chi connectivity index (χ1) is 12.6. The molecule has 0 fully saturated rings. The number of rotatable bonds is 14. The van der Waals surface area contributed by atoms with Crippen LogP contribution >= 0.6 is 15.2 Å². The molecule has 1 rings (SSSR count). The third-order valence-electron chi connectivity index (χ3n) is 4.18. The lowest BCUT2D eigenvalue weighted by molar-refractivity contribution is -0.329. The zero-order valence-electron chi connectivity index (χ0n) is 15.6. The van der Waals surface area contributed by atoms with Crippen LogP contribution in [0.2, 0.25) is 0 Å². The van der Waals surface area contributed by atoms with Gasteiger partial charge in [0.15, 0.2) is 0 Å². The average molecular weight is 419 g/mol. The number of hydrogen-bond donors (Lipinski definition) is 0. The molecule has 156 valence electrons. The summed E-state index contributed by atoms with van der Waals surface area (Å²) in [6.07, 6.45) is 11.1. The molecule has 0 unspecified atom stereocenters. The van der Waals surface area contributed by atoms with E-state index in [-0.39, 0.29) is 5.56 Å². The maximum atomic E-state index is 11.1. The van der Waals surface area contributed by atoms with Gasteiger partial charge in [0.25, 0.3) is 0 Å². The van der Waals surface area contributed by atoms with E-state index in [1.54, 1.807) is 0 Å². The first kappa shape index (κ1) is 24.3. The van der Waals surface area contributed by atoms with E-state index in [0.29, 0.717) is 12.4 Å². The van der Waals surface area contributed by atoms with Crippen molar-refractivity contribution in [1.82, 2.24) is 4.98 Å². The highest BCUT2D eigenvalue weighted by atomic mass is 31.2. The summed E-state index contributed by atoms with van der Waals surface area (Å²) < 4.78 is 27.7. The fourth-order valence-corrected chi connectivity index (χ4v) is 4.94. The van der Waals surface area contributed by atoms with Crippen molar-refractivity contribution in [2.45, 2.75) is 70.1 Å². The minimum atomic E-state index is -5.58. The Morgan fingerprint density at radius 1 is 0.926 bits per heavy atom. The second kappa shape index (κ2) is 11.9. The molecule has 27 heavy (non-hydrogen) atoms. The van der Waals surface area contributed by atoms with Gasteiger partial charge in [0.1, 0.15) is 5.75 Å². The summed E-state index contributed by atoms with van der Waals surface area (Å²) in [4.78, 5) is 48.1. The van der Waals surface area contributed by atoms with Crippen LogP contribution in [-0.2, 0) is 15.6 Å². The number of aromatic nitrogens is 1. The van der Waals surface area contributed by atoms with Crippen LogP contribution in [0.15, 0.2) is 18.5 Å². The van der Waals surface area contributed by atoms with Gasteiger partial charge < -0.3 is 33.4 Å². The van der Waals surface area contributed by atoms with Crippen LogP contribution in [0.25, 0.3) is 0 Å². The maximum absolute atomic E-state index is 11.1. The van der Waals surface area contributed by atoms with Crippen molar-refractivity contribution in [2.24, 2.45) is 0 Å². The molecule has 0 N–H and O–H groups in total. The van der Waals surface area contributed by atoms with Gasteiger partial charge in [-0.05, 0) is 24.5 Å². The molecule has 1 heterocycles. The first-order valence-corrected chi connectivity index (χ1v) is 12.5. The van der Waals surface area contributed by atoms with E-state index in [1.165, 1.54) is 50.6 Å². The Morgan fingerprint density at radius 3 is 2.04 bits per heavy atom. The zero-order valence-corrected chi connectivity index (χ0v) is 17.4. The van der Waals surface area contributed by atoms with E-state index < -0.39 is 27.0 Å². The van der Waals surface area contributed by atoms with Gasteiger partial charge in [0.2, 0.25) is 0 Å². The smallest absolute Gasteiger partial charge is 0.137 e. The quantitative estimate of drug-likeness (QED) is 0.323. The number of hydrogen-bond acceptors (Lipinski definition) is 8. The number of nitrogens with zero attached hydrogens (tertiary/aromatic N) is 1. The van der Waals surface area contributed by atoms with Gasteiger partial charge >= 0.3 is 0 Å². The van der Waals surface area contributed by atoms with Gasteiger partial charge in [0, 0.05) is 11.6 Å². The molecule has 0 aliphatic heterocycles. The minimum absolute atomic E-state index is 0.146. The van der Waals surface area contributed by atoms with E-state index in [2.05, 4.69) is 11.9 Å². The molecule has 8 nitrogen and oxygen atoms in total. The predicted molar refractivity (Wildman–Crippen MR) is 95.0 cm³/mol. The summed E-state index contributed by atoms with van der Waals surface area (Å²) in [6.45, 7) is 2.63. The van der Waals surface area contributed by atoms with Crippen molar-refractivity contribution < 1.29 is 33.4 Å². The highest BCUT2D eigenvalue weighted by Gasteiger charge is 2.18. The lowest BCUT2D eigenvalue weighted by Gasteiger charge is -2.49. The van der Waals surface area contributed by atoms with Crippen LogP contribution in [0.3, 0.4) is 0 Å². The van der Waals surface area contributed by atoms with Crippen molar-refractivity contribution in [2.75, 3.05) is 6.61 Å². The molecule has 0 spiro atoms. The molecule has 0 aliphatic rings. The Labute approximate surface area is 160 Å². The normalized spacial score (nSPS) is 12.5. The van der Waals surface area contributed by atoms with Crippen LogP contribution in [0.5, 0.6) is 5.75 Å². The van der Waals surface area contributed by atoms with Crippen molar-refractivity contribution in [3.05, 3.63) is 24.0 Å². The topological polar surface area (TPSA) is 148 Å². The molecule has 0 saturated carbocycles. The van der Waals surface area contributed by atoms with Crippen molar-refractivity contribution in [3.8, 4) is 5.75 Å². The summed E-state index contributed by atoms with van der Waals surface area (Å²) >= 11 is 0. The Morgan fingerprint density at radius 2 is 1.48 bits per heavy atom. The second-order valence-corrected chi connectivity index (χ2v) is 10.4. The monoisotopic (exact) mass is 419 g/mol. The zero-order chi connectivity index (χ0) is 20.3. The molecule has 1 aromatic heterocycles. The second-order valence-electron chi connectivity index (χ2n) is 6.62. The molecule has 0 bridgehead atoms. The molecule has 0 aliphatic carbocycles. The summed E-state index contributed by atoms with van der Waals surface area (Å²) in [5.41, 5.74) is 0.146. The Balaban J connectivity index is 2.43. The standard InChI is InChI=1S/C17H31NO7P2/c1-2-3-4-5-6-7-8-9-10-25-16-11-15(13-18-14-16)12-17(26(19,20)21)27(22,23)24/h11,13-14,17H,2-10,12H2,1H3,(H2,19,20,21)(H2,22,23,24)/p-4. The van der Waals surface area contributed by atoms with Crippen molar-refractivity contribution in [1.29, 1.82) is 0 Å².